The predicted octanol–water partition coefficient (Wildman–Crippen LogP) is -6.23. The fourth-order valence-corrected chi connectivity index (χ4v) is 0. The molecule has 0 bridgehead atoms. The molecule has 0 N–H and O–H groups in total. The summed E-state index contributed by atoms with van der Waals surface area (Å²) >= 11 is -2.51. The van der Waals surface area contributed by atoms with Crippen molar-refractivity contribution in [1.82, 2.24) is 0 Å². The quantitative estimate of drug-likeness (QED) is 0.384. The van der Waals surface area contributed by atoms with Crippen molar-refractivity contribution in [3.63, 3.8) is 0 Å². The van der Waals surface area contributed by atoms with Gasteiger partial charge in [0.2, 0.25) is 0 Å². The fraction of sp³-hybridized carbons (Fsp3) is 0. The second-order valence-corrected chi connectivity index (χ2v) is 0.777. The molecule has 0 aromatic heterocycles. The third kappa shape index (κ3) is 28.2. The SMILES string of the molecule is [Br-].[Br-].[O]=[U+2]=[O]. The molecule has 0 spiro atoms. The van der Waals surface area contributed by atoms with E-state index in [0.717, 1.165) is 0 Å². The number of hydrogen-bond donors (Lipinski definition) is 0. The predicted molar refractivity (Wildman–Crippen MR) is 1.37 cm³/mol. The van der Waals surface area contributed by atoms with Crippen LogP contribution in [0.25, 0.3) is 0 Å². The van der Waals surface area contributed by atoms with Gasteiger partial charge in [-0.25, -0.2) is 0 Å². The van der Waals surface area contributed by atoms with Crippen LogP contribution in [0, 0.1) is 27.8 Å². The first kappa shape index (κ1) is 16.0. The molecule has 5 heavy (non-hydrogen) atoms. The van der Waals surface area contributed by atoms with Gasteiger partial charge in [0.25, 0.3) is 0 Å². The van der Waals surface area contributed by atoms with E-state index in [0.29, 0.717) is 0 Å². The molecule has 0 aliphatic rings. The van der Waals surface area contributed by atoms with Crippen LogP contribution in [-0.4, -0.2) is 0 Å². The van der Waals surface area contributed by atoms with E-state index < -0.39 is 27.8 Å². The van der Waals surface area contributed by atoms with Gasteiger partial charge in [0, 0.05) is 0 Å². The summed E-state index contributed by atoms with van der Waals surface area (Å²) in [5, 5.41) is 0. The van der Waals surface area contributed by atoms with Gasteiger partial charge in [-0.1, -0.05) is 0 Å². The first-order chi connectivity index (χ1) is 1.41. The minimum absolute atomic E-state index is 0. The zero-order chi connectivity index (χ0) is 2.71. The summed E-state index contributed by atoms with van der Waals surface area (Å²) in [5.41, 5.74) is 0. The van der Waals surface area contributed by atoms with E-state index in [2.05, 4.69) is 0 Å². The third-order valence-corrected chi connectivity index (χ3v) is 0. The van der Waals surface area contributed by atoms with Crippen LogP contribution in [0.1, 0.15) is 0 Å². The molecule has 30 valence electrons. The molecule has 0 aromatic carbocycles. The summed E-state index contributed by atoms with van der Waals surface area (Å²) < 4.78 is 17.2. The van der Waals surface area contributed by atoms with Gasteiger partial charge in [-0.3, -0.25) is 0 Å². The topological polar surface area (TPSA) is 34.1 Å². The average Bonchev–Trinajstić information content (AvgIpc) is 0.918. The molecule has 2 nitrogen and oxygen atoms in total. The summed E-state index contributed by atoms with van der Waals surface area (Å²) in [6, 6.07) is 0. The molecule has 0 aromatic rings. The summed E-state index contributed by atoms with van der Waals surface area (Å²) in [6.07, 6.45) is 0. The van der Waals surface area contributed by atoms with Crippen LogP contribution < -0.4 is 34.0 Å². The molecule has 0 heterocycles. The van der Waals surface area contributed by atoms with Crippen LogP contribution in [0.2, 0.25) is 0 Å². The molecule has 0 saturated heterocycles. The summed E-state index contributed by atoms with van der Waals surface area (Å²) in [4.78, 5) is 0. The van der Waals surface area contributed by atoms with Crippen LogP contribution in [0.3, 0.4) is 0 Å². The van der Waals surface area contributed by atoms with E-state index in [9.17, 15) is 0 Å². The van der Waals surface area contributed by atoms with E-state index >= 15 is 0 Å². The van der Waals surface area contributed by atoms with E-state index in [1.165, 1.54) is 0 Å². The summed E-state index contributed by atoms with van der Waals surface area (Å²) in [7, 11) is 0. The summed E-state index contributed by atoms with van der Waals surface area (Å²) in [6.45, 7) is 0. The molecular formula is Br2O2U. The van der Waals surface area contributed by atoms with E-state index in [1.807, 2.05) is 0 Å². The number of halogens is 2. The van der Waals surface area contributed by atoms with E-state index in [4.69, 9.17) is 4.47 Å². The monoisotopic (exact) mass is 428 g/mol. The zero-order valence-electron chi connectivity index (χ0n) is 2.07. The molecule has 5 heteroatoms. The molecule has 0 fully saturated rings. The second kappa shape index (κ2) is 17.5. The molecule has 0 saturated carbocycles. The van der Waals surface area contributed by atoms with Gasteiger partial charge in [0.15, 0.2) is 0 Å². The molecule has 0 aliphatic carbocycles. The normalized spacial score (nSPS) is 1.60. The van der Waals surface area contributed by atoms with Crippen LogP contribution in [0.4, 0.5) is 0 Å². The average molecular weight is 430 g/mol. The van der Waals surface area contributed by atoms with Gasteiger partial charge in [0.05, 0.1) is 0 Å². The van der Waals surface area contributed by atoms with Gasteiger partial charge in [-0.05, 0) is 0 Å². The first-order valence-corrected chi connectivity index (χ1v) is 3.81. The van der Waals surface area contributed by atoms with Gasteiger partial charge in [-0.15, -0.1) is 0 Å². The van der Waals surface area contributed by atoms with Crippen molar-refractivity contribution in [2.24, 2.45) is 0 Å². The molecule has 0 aliphatic heterocycles. The Labute approximate surface area is 65.5 Å². The van der Waals surface area contributed by atoms with Crippen LogP contribution >= 0.6 is 0 Å². The Balaban J connectivity index is -0.0000000200. The maximum atomic E-state index is 8.58. The Kier molecular flexibility index (Phi) is 55.9. The van der Waals surface area contributed by atoms with Crippen molar-refractivity contribution < 1.29 is 66.3 Å². The Hall–Kier alpha value is 1.61. The molecule has 0 amide bonds. The Morgan fingerprint density at radius 2 is 1.00 bits per heavy atom. The minimum atomic E-state index is -2.51. The van der Waals surface area contributed by atoms with Gasteiger partial charge < -0.3 is 34.0 Å². The zero-order valence-corrected chi connectivity index (χ0v) is 9.41. The van der Waals surface area contributed by atoms with Crippen LogP contribution in [-0.2, 0) is 4.47 Å². The molecule has 0 rings (SSSR count). The molecule has 0 atom stereocenters. The van der Waals surface area contributed by atoms with Crippen molar-refractivity contribution in [3.8, 4) is 0 Å². The van der Waals surface area contributed by atoms with Gasteiger partial charge in [0.1, 0.15) is 0 Å². The first-order valence-electron chi connectivity index (χ1n) is 0.408. The summed E-state index contributed by atoms with van der Waals surface area (Å²) in [5.74, 6) is 0. The van der Waals surface area contributed by atoms with Crippen molar-refractivity contribution in [2.45, 2.75) is 0 Å². The number of rotatable bonds is 0. The number of hydrogen-bond acceptors (Lipinski definition) is 2. The fourth-order valence-electron chi connectivity index (χ4n) is 0. The second-order valence-electron chi connectivity index (χ2n) is 0.0833. The van der Waals surface area contributed by atoms with Crippen molar-refractivity contribution in [1.29, 1.82) is 0 Å². The Morgan fingerprint density at radius 1 is 1.00 bits per heavy atom. The van der Waals surface area contributed by atoms with Crippen molar-refractivity contribution in [2.75, 3.05) is 0 Å². The standard InChI is InChI=1S/2BrH.2O.U/h2*1H;;;/q;;;;+2/p-2. The van der Waals surface area contributed by atoms with Crippen molar-refractivity contribution >= 4 is 0 Å². The van der Waals surface area contributed by atoms with Crippen LogP contribution in [0.15, 0.2) is 0 Å². The van der Waals surface area contributed by atoms with Crippen molar-refractivity contribution in [3.05, 3.63) is 0 Å². The van der Waals surface area contributed by atoms with Gasteiger partial charge in [-0.2, -0.15) is 0 Å². The molecule has 0 radical (unpaired) electrons. The third-order valence-electron chi connectivity index (χ3n) is 0. The van der Waals surface area contributed by atoms with Gasteiger partial charge >= 0.3 is 32.3 Å². The molecule has 0 unspecified atom stereocenters. The maximum absolute atomic E-state index is 8.58. The Bertz CT molecular complexity index is 28.6. The van der Waals surface area contributed by atoms with E-state index in [1.54, 1.807) is 0 Å². The van der Waals surface area contributed by atoms with E-state index in [-0.39, 0.29) is 34.0 Å². The Morgan fingerprint density at radius 3 is 1.00 bits per heavy atom. The van der Waals surface area contributed by atoms with Crippen LogP contribution in [0.5, 0.6) is 0 Å². The molecular weight excluding hydrogens is 430 g/mol.